The summed E-state index contributed by atoms with van der Waals surface area (Å²) in [5.41, 5.74) is 2.31. The summed E-state index contributed by atoms with van der Waals surface area (Å²) >= 11 is 5.36. The third kappa shape index (κ3) is 3.07. The van der Waals surface area contributed by atoms with Crippen molar-refractivity contribution in [1.29, 1.82) is 0 Å². The number of aromatic nitrogens is 3. The van der Waals surface area contributed by atoms with Gasteiger partial charge >= 0.3 is 0 Å². The number of fused-ring (bicyclic) bond motifs is 2. The van der Waals surface area contributed by atoms with Gasteiger partial charge in [0.2, 0.25) is 0 Å². The summed E-state index contributed by atoms with van der Waals surface area (Å²) in [6.45, 7) is 3.91. The predicted molar refractivity (Wildman–Crippen MR) is 103 cm³/mol. The second-order valence-corrected chi connectivity index (χ2v) is 6.43. The standard InChI is InChI=1S/C19H18N4O2S/c1-2-22(12-23-15-9-5-6-10-16(15)25-19(23)26)11-17-20-14-8-4-3-7-13(14)18(24)21-17/h3-10H,2,11-12H2,1H3,(H,20,21,24). The number of aromatic amines is 1. The van der Waals surface area contributed by atoms with Crippen molar-refractivity contribution in [2.45, 2.75) is 20.1 Å². The van der Waals surface area contributed by atoms with E-state index >= 15 is 0 Å². The number of rotatable bonds is 5. The normalized spacial score (nSPS) is 11.6. The third-order valence-electron chi connectivity index (χ3n) is 4.40. The summed E-state index contributed by atoms with van der Waals surface area (Å²) in [6, 6.07) is 15.1. The monoisotopic (exact) mass is 366 g/mol. The molecule has 0 spiro atoms. The number of nitrogens with one attached hydrogen (secondary N) is 1. The minimum Gasteiger partial charge on any atom is -0.429 e. The van der Waals surface area contributed by atoms with Crippen molar-refractivity contribution in [1.82, 2.24) is 19.4 Å². The van der Waals surface area contributed by atoms with E-state index in [0.717, 1.165) is 17.6 Å². The van der Waals surface area contributed by atoms with Gasteiger partial charge in [-0.05, 0) is 43.0 Å². The first-order valence-electron chi connectivity index (χ1n) is 8.44. The van der Waals surface area contributed by atoms with Crippen LogP contribution in [-0.4, -0.2) is 26.0 Å². The fraction of sp³-hybridized carbons (Fsp3) is 0.211. The predicted octanol–water partition coefficient (Wildman–Crippen LogP) is 3.68. The SMILES string of the molecule is CCN(Cc1nc2ccccc2c(=O)[nH]1)Cn1c(=S)oc2ccccc21. The molecule has 0 fully saturated rings. The molecule has 4 rings (SSSR count). The van der Waals surface area contributed by atoms with Crippen LogP contribution in [0.2, 0.25) is 0 Å². The molecule has 0 unspecified atom stereocenters. The molecule has 0 aliphatic heterocycles. The van der Waals surface area contributed by atoms with Crippen LogP contribution < -0.4 is 5.56 Å². The van der Waals surface area contributed by atoms with Gasteiger partial charge in [0.05, 0.1) is 29.6 Å². The molecule has 0 saturated heterocycles. The lowest BCUT2D eigenvalue weighted by Crippen LogP contribution is -2.28. The number of oxazole rings is 1. The highest BCUT2D eigenvalue weighted by atomic mass is 32.1. The quantitative estimate of drug-likeness (QED) is 0.546. The minimum absolute atomic E-state index is 0.118. The van der Waals surface area contributed by atoms with Crippen LogP contribution in [0.3, 0.4) is 0 Å². The molecule has 7 heteroatoms. The fourth-order valence-corrected chi connectivity index (χ4v) is 3.28. The van der Waals surface area contributed by atoms with Crippen molar-refractivity contribution in [2.75, 3.05) is 6.54 Å². The van der Waals surface area contributed by atoms with E-state index in [4.69, 9.17) is 16.6 Å². The summed E-state index contributed by atoms with van der Waals surface area (Å²) in [5, 5.41) is 0.599. The molecule has 2 aromatic heterocycles. The smallest absolute Gasteiger partial charge is 0.270 e. The van der Waals surface area contributed by atoms with Crippen LogP contribution in [0.4, 0.5) is 0 Å². The highest BCUT2D eigenvalue weighted by Crippen LogP contribution is 2.18. The molecular formula is C19H18N4O2S. The Balaban J connectivity index is 1.65. The van der Waals surface area contributed by atoms with E-state index in [-0.39, 0.29) is 5.56 Å². The topological polar surface area (TPSA) is 67.1 Å². The van der Waals surface area contributed by atoms with Gasteiger partial charge in [0.15, 0.2) is 5.58 Å². The Bertz CT molecular complexity index is 1190. The number of hydrogen-bond donors (Lipinski definition) is 1. The summed E-state index contributed by atoms with van der Waals surface area (Å²) in [5.74, 6) is 0.634. The molecular weight excluding hydrogens is 348 g/mol. The van der Waals surface area contributed by atoms with Crippen LogP contribution >= 0.6 is 12.2 Å². The average Bonchev–Trinajstić information content (AvgIpc) is 2.96. The van der Waals surface area contributed by atoms with Crippen molar-refractivity contribution in [3.8, 4) is 0 Å². The van der Waals surface area contributed by atoms with Crippen LogP contribution in [0, 0.1) is 4.84 Å². The molecule has 26 heavy (non-hydrogen) atoms. The first-order valence-corrected chi connectivity index (χ1v) is 8.85. The number of H-pyrrole nitrogens is 1. The number of nitrogens with zero attached hydrogens (tertiary/aromatic N) is 3. The van der Waals surface area contributed by atoms with E-state index in [1.54, 1.807) is 6.07 Å². The van der Waals surface area contributed by atoms with E-state index in [1.807, 2.05) is 47.0 Å². The Morgan fingerprint density at radius 2 is 1.96 bits per heavy atom. The lowest BCUT2D eigenvalue weighted by atomic mass is 10.2. The summed E-state index contributed by atoms with van der Waals surface area (Å²) in [6.07, 6.45) is 0. The first kappa shape index (κ1) is 16.7. The van der Waals surface area contributed by atoms with Gasteiger partial charge in [0, 0.05) is 0 Å². The Hall–Kier alpha value is -2.77. The van der Waals surface area contributed by atoms with Crippen molar-refractivity contribution < 1.29 is 4.42 Å². The second-order valence-electron chi connectivity index (χ2n) is 6.08. The van der Waals surface area contributed by atoms with Crippen molar-refractivity contribution >= 4 is 34.2 Å². The van der Waals surface area contributed by atoms with Crippen LogP contribution in [0.15, 0.2) is 57.7 Å². The van der Waals surface area contributed by atoms with E-state index in [2.05, 4.69) is 21.8 Å². The van der Waals surface area contributed by atoms with E-state index < -0.39 is 0 Å². The average molecular weight is 366 g/mol. The summed E-state index contributed by atoms with van der Waals surface area (Å²) in [4.78, 5) is 22.3. The Kier molecular flexibility index (Phi) is 4.40. The number of para-hydroxylation sites is 3. The van der Waals surface area contributed by atoms with Crippen molar-refractivity contribution in [3.63, 3.8) is 0 Å². The minimum atomic E-state index is -0.118. The van der Waals surface area contributed by atoms with Gasteiger partial charge in [0.1, 0.15) is 5.82 Å². The molecule has 2 heterocycles. The zero-order chi connectivity index (χ0) is 18.1. The van der Waals surface area contributed by atoms with Crippen molar-refractivity contribution in [2.24, 2.45) is 0 Å². The highest BCUT2D eigenvalue weighted by Gasteiger charge is 2.12. The maximum absolute atomic E-state index is 12.3. The van der Waals surface area contributed by atoms with E-state index in [0.29, 0.717) is 34.8 Å². The first-order chi connectivity index (χ1) is 12.7. The molecule has 1 N–H and O–H groups in total. The fourth-order valence-electron chi connectivity index (χ4n) is 3.03. The van der Waals surface area contributed by atoms with E-state index in [9.17, 15) is 4.79 Å². The third-order valence-corrected chi connectivity index (χ3v) is 4.70. The zero-order valence-corrected chi connectivity index (χ0v) is 15.1. The summed E-state index contributed by atoms with van der Waals surface area (Å²) < 4.78 is 7.60. The lowest BCUT2D eigenvalue weighted by Gasteiger charge is -2.20. The largest absolute Gasteiger partial charge is 0.429 e. The lowest BCUT2D eigenvalue weighted by molar-refractivity contribution is 0.213. The zero-order valence-electron chi connectivity index (χ0n) is 14.3. The van der Waals surface area contributed by atoms with Gasteiger partial charge in [0.25, 0.3) is 10.4 Å². The molecule has 0 bridgehead atoms. The summed E-state index contributed by atoms with van der Waals surface area (Å²) in [7, 11) is 0. The molecule has 0 saturated carbocycles. The number of benzene rings is 2. The molecule has 4 aromatic rings. The molecule has 132 valence electrons. The molecule has 0 aliphatic rings. The second kappa shape index (κ2) is 6.86. The number of hydrogen-bond acceptors (Lipinski definition) is 5. The van der Waals surface area contributed by atoms with E-state index in [1.165, 1.54) is 0 Å². The van der Waals surface area contributed by atoms with Gasteiger partial charge in [-0.2, -0.15) is 0 Å². The molecule has 2 aromatic carbocycles. The molecule has 0 amide bonds. The molecule has 0 radical (unpaired) electrons. The van der Waals surface area contributed by atoms with Gasteiger partial charge in [-0.15, -0.1) is 0 Å². The van der Waals surface area contributed by atoms with Crippen LogP contribution in [-0.2, 0) is 13.2 Å². The maximum Gasteiger partial charge on any atom is 0.270 e. The molecule has 0 atom stereocenters. The molecule has 0 aliphatic carbocycles. The van der Waals surface area contributed by atoms with Crippen LogP contribution in [0.25, 0.3) is 22.0 Å². The van der Waals surface area contributed by atoms with Gasteiger partial charge < -0.3 is 9.40 Å². The maximum atomic E-state index is 12.3. The Morgan fingerprint density at radius 3 is 2.81 bits per heavy atom. The Labute approximate surface area is 154 Å². The molecule has 6 nitrogen and oxygen atoms in total. The van der Waals surface area contributed by atoms with Crippen LogP contribution in [0.5, 0.6) is 0 Å². The van der Waals surface area contributed by atoms with Crippen molar-refractivity contribution in [3.05, 3.63) is 69.5 Å². The van der Waals surface area contributed by atoms with Gasteiger partial charge in [-0.25, -0.2) is 4.98 Å². The van der Waals surface area contributed by atoms with Gasteiger partial charge in [-0.3, -0.25) is 14.3 Å². The highest BCUT2D eigenvalue weighted by molar-refractivity contribution is 7.71. The van der Waals surface area contributed by atoms with Crippen LogP contribution in [0.1, 0.15) is 12.7 Å². The van der Waals surface area contributed by atoms with Gasteiger partial charge in [-0.1, -0.05) is 31.2 Å². The Morgan fingerprint density at radius 1 is 1.19 bits per heavy atom.